The number of thioether (sulfide) groups is 1. The van der Waals surface area contributed by atoms with Crippen LogP contribution in [-0.4, -0.2) is 44.5 Å². The van der Waals surface area contributed by atoms with Crippen LogP contribution in [-0.2, 0) is 4.79 Å². The van der Waals surface area contributed by atoms with Crippen LogP contribution >= 0.6 is 23.4 Å². The third kappa shape index (κ3) is 2.03. The van der Waals surface area contributed by atoms with Crippen LogP contribution in [0.15, 0.2) is 12.3 Å². The number of aromatic nitrogens is 1. The standard InChI is InChI=1S/C9H9ClN2O3S/c10-5-1-6(11-2-5)8(13)12-4-16-3-7(12)9(14)15/h1-2,7,11H,3-4H2,(H,14,15)/t7-/m0/s1. The lowest BCUT2D eigenvalue weighted by Gasteiger charge is -2.19. The topological polar surface area (TPSA) is 73.4 Å². The Labute approximate surface area is 101 Å². The maximum absolute atomic E-state index is 11.9. The predicted octanol–water partition coefficient (Wildman–Crippen LogP) is 1.27. The van der Waals surface area contributed by atoms with E-state index in [0.29, 0.717) is 22.3 Å². The lowest BCUT2D eigenvalue weighted by Crippen LogP contribution is -2.41. The zero-order valence-corrected chi connectivity index (χ0v) is 9.72. The molecular formula is C9H9ClN2O3S. The van der Waals surface area contributed by atoms with Crippen LogP contribution in [0.1, 0.15) is 10.5 Å². The second-order valence-corrected chi connectivity index (χ2v) is 4.80. The summed E-state index contributed by atoms with van der Waals surface area (Å²) < 4.78 is 0. The molecule has 1 aliphatic rings. The first-order valence-corrected chi connectivity index (χ1v) is 6.08. The lowest BCUT2D eigenvalue weighted by molar-refractivity contribution is -0.140. The van der Waals surface area contributed by atoms with Gasteiger partial charge in [-0.25, -0.2) is 4.79 Å². The van der Waals surface area contributed by atoms with Gasteiger partial charge >= 0.3 is 5.97 Å². The smallest absolute Gasteiger partial charge is 0.327 e. The molecule has 86 valence electrons. The maximum Gasteiger partial charge on any atom is 0.327 e. The SMILES string of the molecule is O=C(O)[C@@H]1CSCN1C(=O)c1cc(Cl)c[nH]1. The molecule has 0 unspecified atom stereocenters. The van der Waals surface area contributed by atoms with Crippen LogP contribution in [0.5, 0.6) is 0 Å². The number of hydrogen-bond acceptors (Lipinski definition) is 3. The fraction of sp³-hybridized carbons (Fsp3) is 0.333. The van der Waals surface area contributed by atoms with Crippen molar-refractivity contribution < 1.29 is 14.7 Å². The molecule has 1 fully saturated rings. The van der Waals surface area contributed by atoms with E-state index in [0.717, 1.165) is 0 Å². The first-order chi connectivity index (χ1) is 7.59. The molecule has 0 aliphatic carbocycles. The molecule has 1 aromatic rings. The van der Waals surface area contributed by atoms with Gasteiger partial charge in [-0.15, -0.1) is 11.8 Å². The van der Waals surface area contributed by atoms with Crippen molar-refractivity contribution in [2.75, 3.05) is 11.6 Å². The minimum Gasteiger partial charge on any atom is -0.480 e. The first-order valence-electron chi connectivity index (χ1n) is 4.55. The Kier molecular flexibility index (Phi) is 3.11. The summed E-state index contributed by atoms with van der Waals surface area (Å²) in [6.45, 7) is 0. The van der Waals surface area contributed by atoms with Crippen LogP contribution in [0.4, 0.5) is 0 Å². The Hall–Kier alpha value is -1.14. The molecule has 0 bridgehead atoms. The number of carbonyl (C=O) groups excluding carboxylic acids is 1. The number of hydrogen-bond donors (Lipinski definition) is 2. The molecule has 2 N–H and O–H groups in total. The van der Waals surface area contributed by atoms with E-state index < -0.39 is 12.0 Å². The van der Waals surface area contributed by atoms with E-state index in [4.69, 9.17) is 16.7 Å². The maximum atomic E-state index is 11.9. The molecule has 0 spiro atoms. The van der Waals surface area contributed by atoms with Crippen LogP contribution in [0, 0.1) is 0 Å². The number of carboxylic acid groups (broad SMARTS) is 1. The minimum absolute atomic E-state index is 0.318. The molecule has 1 aromatic heterocycles. The van der Waals surface area contributed by atoms with Crippen molar-refractivity contribution in [1.82, 2.24) is 9.88 Å². The van der Waals surface area contributed by atoms with Crippen molar-refractivity contribution in [2.24, 2.45) is 0 Å². The molecule has 2 heterocycles. The van der Waals surface area contributed by atoms with Crippen molar-refractivity contribution in [3.05, 3.63) is 23.0 Å². The minimum atomic E-state index is -0.976. The molecule has 1 atom stereocenters. The molecule has 0 radical (unpaired) electrons. The molecule has 5 nitrogen and oxygen atoms in total. The molecular weight excluding hydrogens is 252 g/mol. The highest BCUT2D eigenvalue weighted by molar-refractivity contribution is 7.99. The molecule has 16 heavy (non-hydrogen) atoms. The number of aliphatic carboxylic acids is 1. The normalized spacial score (nSPS) is 20.1. The molecule has 1 aliphatic heterocycles. The number of carbonyl (C=O) groups is 2. The number of carboxylic acids is 1. The Morgan fingerprint density at radius 1 is 1.62 bits per heavy atom. The number of nitrogens with zero attached hydrogens (tertiary/aromatic N) is 1. The Morgan fingerprint density at radius 2 is 2.38 bits per heavy atom. The fourth-order valence-electron chi connectivity index (χ4n) is 1.49. The summed E-state index contributed by atoms with van der Waals surface area (Å²) in [5.74, 6) is -0.484. The van der Waals surface area contributed by atoms with Gasteiger partial charge in [0, 0.05) is 11.9 Å². The quantitative estimate of drug-likeness (QED) is 0.840. The largest absolute Gasteiger partial charge is 0.480 e. The second-order valence-electron chi connectivity index (χ2n) is 3.36. The van der Waals surface area contributed by atoms with Crippen LogP contribution in [0.3, 0.4) is 0 Å². The van der Waals surface area contributed by atoms with Gasteiger partial charge in [0.15, 0.2) is 0 Å². The van der Waals surface area contributed by atoms with Crippen molar-refractivity contribution in [3.8, 4) is 0 Å². The van der Waals surface area contributed by atoms with Gasteiger partial charge < -0.3 is 15.0 Å². The zero-order valence-electron chi connectivity index (χ0n) is 8.14. The molecule has 0 aromatic carbocycles. The lowest BCUT2D eigenvalue weighted by atomic mass is 10.2. The summed E-state index contributed by atoms with van der Waals surface area (Å²) >= 11 is 7.11. The number of amides is 1. The summed E-state index contributed by atoms with van der Waals surface area (Å²) in [4.78, 5) is 26.9. The molecule has 1 saturated heterocycles. The van der Waals surface area contributed by atoms with Crippen molar-refractivity contribution in [2.45, 2.75) is 6.04 Å². The van der Waals surface area contributed by atoms with Crippen LogP contribution in [0.25, 0.3) is 0 Å². The highest BCUT2D eigenvalue weighted by atomic mass is 35.5. The third-order valence-corrected chi connectivity index (χ3v) is 3.54. The van der Waals surface area contributed by atoms with Crippen molar-refractivity contribution in [1.29, 1.82) is 0 Å². The zero-order chi connectivity index (χ0) is 11.7. The number of aromatic amines is 1. The summed E-state index contributed by atoms with van der Waals surface area (Å²) in [7, 11) is 0. The van der Waals surface area contributed by atoms with E-state index in [1.54, 1.807) is 0 Å². The van der Waals surface area contributed by atoms with E-state index in [9.17, 15) is 9.59 Å². The molecule has 1 amide bonds. The number of nitrogens with one attached hydrogen (secondary N) is 1. The van der Waals surface area contributed by atoms with Gasteiger partial charge in [0.05, 0.1) is 10.9 Å². The van der Waals surface area contributed by atoms with E-state index in [2.05, 4.69) is 4.98 Å². The summed E-state index contributed by atoms with van der Waals surface area (Å²) in [6.07, 6.45) is 1.49. The average Bonchev–Trinajstić information content (AvgIpc) is 2.84. The summed E-state index contributed by atoms with van der Waals surface area (Å²) in [5, 5.41) is 9.37. The average molecular weight is 261 g/mol. The van der Waals surface area contributed by atoms with Crippen LogP contribution < -0.4 is 0 Å². The van der Waals surface area contributed by atoms with E-state index in [1.165, 1.54) is 28.9 Å². The van der Waals surface area contributed by atoms with Gasteiger partial charge in [-0.2, -0.15) is 0 Å². The molecule has 0 saturated carbocycles. The highest BCUT2D eigenvalue weighted by Crippen LogP contribution is 2.23. The molecule has 2 rings (SSSR count). The second kappa shape index (κ2) is 4.39. The monoisotopic (exact) mass is 260 g/mol. The van der Waals surface area contributed by atoms with Gasteiger partial charge in [-0.3, -0.25) is 4.79 Å². The number of H-pyrrole nitrogens is 1. The van der Waals surface area contributed by atoms with Gasteiger partial charge in [-0.05, 0) is 6.07 Å². The van der Waals surface area contributed by atoms with Gasteiger partial charge in [0.2, 0.25) is 0 Å². The Balaban J connectivity index is 2.18. The Bertz CT molecular complexity index is 434. The van der Waals surface area contributed by atoms with Gasteiger partial charge in [0.1, 0.15) is 11.7 Å². The highest BCUT2D eigenvalue weighted by Gasteiger charge is 2.35. The fourth-order valence-corrected chi connectivity index (χ4v) is 2.80. The Morgan fingerprint density at radius 3 is 2.94 bits per heavy atom. The predicted molar refractivity (Wildman–Crippen MR) is 60.7 cm³/mol. The first kappa shape index (κ1) is 11.3. The third-order valence-electron chi connectivity index (χ3n) is 2.31. The van der Waals surface area contributed by atoms with Gasteiger partial charge in [0.25, 0.3) is 5.91 Å². The van der Waals surface area contributed by atoms with Gasteiger partial charge in [-0.1, -0.05) is 11.6 Å². The number of halogens is 1. The van der Waals surface area contributed by atoms with E-state index in [1.807, 2.05) is 0 Å². The van der Waals surface area contributed by atoms with Crippen molar-refractivity contribution in [3.63, 3.8) is 0 Å². The van der Waals surface area contributed by atoms with Crippen molar-refractivity contribution >= 4 is 35.2 Å². The molecule has 7 heteroatoms. The van der Waals surface area contributed by atoms with E-state index >= 15 is 0 Å². The summed E-state index contributed by atoms with van der Waals surface area (Å²) in [5.41, 5.74) is 0.318. The number of rotatable bonds is 2. The van der Waals surface area contributed by atoms with E-state index in [-0.39, 0.29) is 5.91 Å². The summed E-state index contributed by atoms with van der Waals surface area (Å²) in [6, 6.07) is 0.741. The van der Waals surface area contributed by atoms with Crippen LogP contribution in [0.2, 0.25) is 5.02 Å².